The minimum atomic E-state index is -1.13. The molecule has 1 atom stereocenters. The van der Waals surface area contributed by atoms with E-state index < -0.39 is 29.6 Å². The summed E-state index contributed by atoms with van der Waals surface area (Å²) in [6, 6.07) is 17.1. The monoisotopic (exact) mass is 522 g/mol. The van der Waals surface area contributed by atoms with E-state index in [9.17, 15) is 18.8 Å². The molecule has 11 heteroatoms. The topological polar surface area (TPSA) is 100 Å². The number of hydrogen-bond acceptors (Lipinski definition) is 6. The summed E-state index contributed by atoms with van der Waals surface area (Å²) in [5.74, 6) is -0.840. The summed E-state index contributed by atoms with van der Waals surface area (Å²) in [6.07, 6.45) is -0.327. The molecule has 3 aromatic rings. The Morgan fingerprint density at radius 1 is 0.919 bits per heavy atom. The minimum absolute atomic E-state index is 0.00314. The van der Waals surface area contributed by atoms with Gasteiger partial charge in [-0.25, -0.2) is 9.40 Å². The van der Waals surface area contributed by atoms with Gasteiger partial charge >= 0.3 is 0 Å². The molecule has 0 unspecified atom stereocenters. The van der Waals surface area contributed by atoms with Crippen LogP contribution in [-0.4, -0.2) is 48.1 Å². The van der Waals surface area contributed by atoms with Gasteiger partial charge in [0, 0.05) is 11.3 Å². The second-order valence-electron chi connectivity index (χ2n) is 7.97. The van der Waals surface area contributed by atoms with Crippen molar-refractivity contribution in [3.63, 3.8) is 0 Å². The van der Waals surface area contributed by atoms with E-state index in [1.165, 1.54) is 48.4 Å². The summed E-state index contributed by atoms with van der Waals surface area (Å²) in [7, 11) is 3.03. The van der Waals surface area contributed by atoms with Crippen LogP contribution in [-0.2, 0) is 9.59 Å². The van der Waals surface area contributed by atoms with Crippen LogP contribution in [0, 0.1) is 5.82 Å². The number of anilines is 2. The van der Waals surface area contributed by atoms with Gasteiger partial charge in [0.05, 0.1) is 26.3 Å². The van der Waals surface area contributed by atoms with Crippen LogP contribution < -0.4 is 25.1 Å². The fourth-order valence-electron chi connectivity index (χ4n) is 3.71. The summed E-state index contributed by atoms with van der Waals surface area (Å²) in [4.78, 5) is 40.5. The molecule has 0 aromatic heterocycles. The Bertz CT molecular complexity index is 1320. The zero-order valence-corrected chi connectivity index (χ0v) is 20.8. The number of hydrogen-bond donors (Lipinski definition) is 2. The molecule has 37 heavy (non-hydrogen) atoms. The van der Waals surface area contributed by atoms with Crippen LogP contribution in [0.25, 0.3) is 0 Å². The van der Waals surface area contributed by atoms with Gasteiger partial charge in [0.1, 0.15) is 23.4 Å². The molecule has 1 saturated heterocycles. The second-order valence-corrected chi connectivity index (χ2v) is 8.33. The fourth-order valence-corrected chi connectivity index (χ4v) is 4.07. The van der Waals surface area contributed by atoms with Gasteiger partial charge in [-0.15, -0.1) is 0 Å². The first-order chi connectivity index (χ1) is 17.8. The SMILES string of the molecule is COc1ccc(C(=O)NN2C(=S)N(c3ccc(OC)cc3)C(=O)[C@H]2CC(=O)Nc2ccc(F)cc2)cc1. The molecular weight excluding hydrogens is 499 g/mol. The second kappa shape index (κ2) is 11.0. The molecule has 0 aliphatic carbocycles. The van der Waals surface area contributed by atoms with E-state index in [4.69, 9.17) is 21.7 Å². The Balaban J connectivity index is 1.59. The normalized spacial score (nSPS) is 14.9. The molecule has 3 aromatic carbocycles. The molecular formula is C26H23FN4O5S. The van der Waals surface area contributed by atoms with Gasteiger partial charge < -0.3 is 14.8 Å². The number of nitrogens with zero attached hydrogens (tertiary/aromatic N) is 2. The third-order valence-electron chi connectivity index (χ3n) is 5.63. The van der Waals surface area contributed by atoms with Gasteiger partial charge in [0.25, 0.3) is 11.8 Å². The highest BCUT2D eigenvalue weighted by Crippen LogP contribution is 2.28. The predicted molar refractivity (Wildman–Crippen MR) is 139 cm³/mol. The van der Waals surface area contributed by atoms with Crippen LogP contribution in [0.2, 0.25) is 0 Å². The number of hydrazine groups is 1. The number of rotatable bonds is 8. The molecule has 1 heterocycles. The first kappa shape index (κ1) is 25.6. The van der Waals surface area contributed by atoms with Gasteiger partial charge in [-0.2, -0.15) is 0 Å². The maximum absolute atomic E-state index is 13.5. The number of halogens is 1. The molecule has 0 radical (unpaired) electrons. The first-order valence-corrected chi connectivity index (χ1v) is 11.5. The quantitative estimate of drug-likeness (QED) is 0.437. The largest absolute Gasteiger partial charge is 0.497 e. The maximum Gasteiger partial charge on any atom is 0.269 e. The molecule has 2 N–H and O–H groups in total. The number of nitrogens with one attached hydrogen (secondary N) is 2. The molecule has 1 aliphatic rings. The van der Waals surface area contributed by atoms with Crippen LogP contribution in [0.15, 0.2) is 72.8 Å². The van der Waals surface area contributed by atoms with Crippen LogP contribution in [0.4, 0.5) is 15.8 Å². The van der Waals surface area contributed by atoms with Gasteiger partial charge in [0.2, 0.25) is 11.0 Å². The van der Waals surface area contributed by atoms with Crippen molar-refractivity contribution in [2.45, 2.75) is 12.5 Å². The Morgan fingerprint density at radius 2 is 1.49 bits per heavy atom. The van der Waals surface area contributed by atoms with Crippen molar-refractivity contribution >= 4 is 46.4 Å². The highest BCUT2D eigenvalue weighted by molar-refractivity contribution is 7.80. The third kappa shape index (κ3) is 5.67. The molecule has 1 fully saturated rings. The Kier molecular flexibility index (Phi) is 7.63. The summed E-state index contributed by atoms with van der Waals surface area (Å²) >= 11 is 5.56. The average molecular weight is 523 g/mol. The number of carbonyl (C=O) groups excluding carboxylic acids is 3. The molecule has 0 saturated carbocycles. The van der Waals surface area contributed by atoms with Crippen molar-refractivity contribution in [2.24, 2.45) is 0 Å². The molecule has 3 amide bonds. The number of methoxy groups -OCH3 is 2. The van der Waals surface area contributed by atoms with Gasteiger partial charge in [0.15, 0.2) is 0 Å². The van der Waals surface area contributed by atoms with E-state index in [0.29, 0.717) is 28.4 Å². The molecule has 0 spiro atoms. The zero-order chi connectivity index (χ0) is 26.5. The Labute approximate surface area is 217 Å². The third-order valence-corrected chi connectivity index (χ3v) is 6.01. The summed E-state index contributed by atoms with van der Waals surface area (Å²) in [5, 5.41) is 3.83. The highest BCUT2D eigenvalue weighted by Gasteiger charge is 2.45. The van der Waals surface area contributed by atoms with Crippen molar-refractivity contribution in [1.29, 1.82) is 0 Å². The molecule has 0 bridgehead atoms. The molecule has 4 rings (SSSR count). The number of benzene rings is 3. The van der Waals surface area contributed by atoms with E-state index in [2.05, 4.69) is 10.7 Å². The smallest absolute Gasteiger partial charge is 0.269 e. The summed E-state index contributed by atoms with van der Waals surface area (Å²) in [6.45, 7) is 0. The van der Waals surface area contributed by atoms with Crippen LogP contribution in [0.1, 0.15) is 16.8 Å². The standard InChI is InChI=1S/C26H23FN4O5S/c1-35-20-11-3-16(4-12-20)24(33)29-31-22(15-23(32)28-18-7-5-17(27)6-8-18)25(34)30(26(31)37)19-9-13-21(36-2)14-10-19/h3-14,22H,15H2,1-2H3,(H,28,32)(H,29,33)/t22-/m1/s1. The van der Waals surface area contributed by atoms with E-state index in [-0.39, 0.29) is 11.5 Å². The lowest BCUT2D eigenvalue weighted by Gasteiger charge is -2.24. The fraction of sp³-hybridized carbons (Fsp3) is 0.154. The average Bonchev–Trinajstić information content (AvgIpc) is 3.13. The van der Waals surface area contributed by atoms with Crippen molar-refractivity contribution in [2.75, 3.05) is 24.4 Å². The van der Waals surface area contributed by atoms with Crippen LogP contribution >= 0.6 is 12.2 Å². The van der Waals surface area contributed by atoms with E-state index >= 15 is 0 Å². The number of carbonyl (C=O) groups is 3. The lowest BCUT2D eigenvalue weighted by atomic mass is 10.1. The molecule has 9 nitrogen and oxygen atoms in total. The van der Waals surface area contributed by atoms with Crippen molar-refractivity contribution in [3.05, 3.63) is 84.2 Å². The first-order valence-electron chi connectivity index (χ1n) is 11.1. The molecule has 190 valence electrons. The lowest BCUT2D eigenvalue weighted by Crippen LogP contribution is -2.49. The molecule has 1 aliphatic heterocycles. The predicted octanol–water partition coefficient (Wildman–Crippen LogP) is 3.52. The number of thiocarbonyl (C=S) groups is 1. The van der Waals surface area contributed by atoms with Crippen LogP contribution in [0.5, 0.6) is 11.5 Å². The van der Waals surface area contributed by atoms with Gasteiger partial charge in [-0.1, -0.05) is 0 Å². The van der Waals surface area contributed by atoms with Gasteiger partial charge in [-0.05, 0) is 85.0 Å². The number of ether oxygens (including phenoxy) is 2. The van der Waals surface area contributed by atoms with E-state index in [0.717, 1.165) is 0 Å². The van der Waals surface area contributed by atoms with Crippen molar-refractivity contribution in [1.82, 2.24) is 10.4 Å². The summed E-state index contributed by atoms with van der Waals surface area (Å²) in [5.41, 5.74) is 3.76. The van der Waals surface area contributed by atoms with E-state index in [1.807, 2.05) is 0 Å². The van der Waals surface area contributed by atoms with E-state index in [1.54, 1.807) is 48.5 Å². The van der Waals surface area contributed by atoms with Gasteiger partial charge in [-0.3, -0.25) is 24.7 Å². The lowest BCUT2D eigenvalue weighted by molar-refractivity contribution is -0.124. The van der Waals surface area contributed by atoms with Crippen molar-refractivity contribution < 1.29 is 28.2 Å². The van der Waals surface area contributed by atoms with Crippen molar-refractivity contribution in [3.8, 4) is 11.5 Å². The van der Waals surface area contributed by atoms with Crippen LogP contribution in [0.3, 0.4) is 0 Å². The highest BCUT2D eigenvalue weighted by atomic mass is 32.1. The minimum Gasteiger partial charge on any atom is -0.497 e. The zero-order valence-electron chi connectivity index (χ0n) is 19.9. The Morgan fingerprint density at radius 3 is 2.05 bits per heavy atom. The summed E-state index contributed by atoms with van der Waals surface area (Å²) < 4.78 is 23.5. The number of amides is 3. The Hall–Kier alpha value is -4.51. The maximum atomic E-state index is 13.5.